The van der Waals surface area contributed by atoms with Crippen molar-refractivity contribution >= 4 is 11.7 Å². The molecule has 0 amide bonds. The van der Waals surface area contributed by atoms with Gasteiger partial charge in [-0.2, -0.15) is 0 Å². The van der Waals surface area contributed by atoms with Crippen molar-refractivity contribution < 1.29 is 27.4 Å². The number of nitrogens with zero attached hydrogens (tertiary/aromatic N) is 3. The molecule has 1 aliphatic heterocycles. The molecule has 2 aromatic rings. The van der Waals surface area contributed by atoms with Crippen LogP contribution >= 0.6 is 0 Å². The monoisotopic (exact) mass is 395 g/mol. The third-order valence-corrected chi connectivity index (χ3v) is 4.70. The SMILES string of the molecule is COC(=O)c1nccnc1C(OC)c1ccc(F)cc1N1CCC(F)(F)CC1. The molecule has 6 nitrogen and oxygen atoms in total. The Bertz CT molecular complexity index is 853. The van der Waals surface area contributed by atoms with Crippen molar-refractivity contribution in [2.75, 3.05) is 32.2 Å². The average Bonchev–Trinajstić information content (AvgIpc) is 2.69. The number of esters is 1. The maximum Gasteiger partial charge on any atom is 0.358 e. The Labute approximate surface area is 160 Å². The number of ether oxygens (including phenoxy) is 2. The van der Waals surface area contributed by atoms with Crippen LogP contribution in [0.2, 0.25) is 0 Å². The Morgan fingerprint density at radius 2 is 1.86 bits per heavy atom. The van der Waals surface area contributed by atoms with Crippen LogP contribution in [-0.4, -0.2) is 49.2 Å². The highest BCUT2D eigenvalue weighted by Gasteiger charge is 2.36. The lowest BCUT2D eigenvalue weighted by Gasteiger charge is -2.35. The molecule has 2 heterocycles. The number of piperidine rings is 1. The number of hydrogen-bond donors (Lipinski definition) is 0. The van der Waals surface area contributed by atoms with Crippen LogP contribution in [0.5, 0.6) is 0 Å². The minimum Gasteiger partial charge on any atom is -0.464 e. The summed E-state index contributed by atoms with van der Waals surface area (Å²) in [6.45, 7) is 0.147. The molecule has 9 heteroatoms. The lowest BCUT2D eigenvalue weighted by molar-refractivity contribution is -0.0221. The number of carbonyl (C=O) groups excluding carboxylic acids is 1. The van der Waals surface area contributed by atoms with Crippen molar-refractivity contribution in [3.8, 4) is 0 Å². The molecule has 0 aliphatic carbocycles. The number of anilines is 1. The van der Waals surface area contributed by atoms with E-state index in [1.54, 1.807) is 4.90 Å². The summed E-state index contributed by atoms with van der Waals surface area (Å²) >= 11 is 0. The lowest BCUT2D eigenvalue weighted by atomic mass is 9.99. The van der Waals surface area contributed by atoms with Gasteiger partial charge in [-0.3, -0.25) is 4.98 Å². The second kappa shape index (κ2) is 8.14. The van der Waals surface area contributed by atoms with Gasteiger partial charge in [-0.15, -0.1) is 0 Å². The number of aromatic nitrogens is 2. The largest absolute Gasteiger partial charge is 0.464 e. The zero-order chi connectivity index (χ0) is 20.3. The van der Waals surface area contributed by atoms with Gasteiger partial charge in [0.1, 0.15) is 17.6 Å². The number of halogens is 3. The fraction of sp³-hybridized carbons (Fsp3) is 0.421. The highest BCUT2D eigenvalue weighted by Crippen LogP contribution is 2.37. The van der Waals surface area contributed by atoms with Crippen LogP contribution in [0, 0.1) is 5.82 Å². The van der Waals surface area contributed by atoms with Gasteiger partial charge in [-0.05, 0) is 12.1 Å². The third-order valence-electron chi connectivity index (χ3n) is 4.70. The molecule has 0 bridgehead atoms. The van der Waals surface area contributed by atoms with E-state index in [4.69, 9.17) is 9.47 Å². The molecule has 1 saturated heterocycles. The van der Waals surface area contributed by atoms with E-state index in [9.17, 15) is 18.0 Å². The smallest absolute Gasteiger partial charge is 0.358 e. The summed E-state index contributed by atoms with van der Waals surface area (Å²) in [6.07, 6.45) is 1.25. The summed E-state index contributed by atoms with van der Waals surface area (Å²) in [6, 6.07) is 4.03. The van der Waals surface area contributed by atoms with E-state index in [2.05, 4.69) is 9.97 Å². The van der Waals surface area contributed by atoms with Crippen LogP contribution in [0.15, 0.2) is 30.6 Å². The molecule has 28 heavy (non-hydrogen) atoms. The number of methoxy groups -OCH3 is 2. The van der Waals surface area contributed by atoms with Crippen molar-refractivity contribution in [2.45, 2.75) is 24.9 Å². The third kappa shape index (κ3) is 4.09. The number of hydrogen-bond acceptors (Lipinski definition) is 6. The molecular formula is C19H20F3N3O3. The molecular weight excluding hydrogens is 375 g/mol. The molecule has 0 radical (unpaired) electrons. The molecule has 150 valence electrons. The molecule has 0 N–H and O–H groups in total. The van der Waals surface area contributed by atoms with Gasteiger partial charge >= 0.3 is 5.97 Å². The van der Waals surface area contributed by atoms with Crippen LogP contribution in [0.4, 0.5) is 18.9 Å². The van der Waals surface area contributed by atoms with Crippen LogP contribution in [-0.2, 0) is 9.47 Å². The Hall–Kier alpha value is -2.68. The standard InChI is InChI=1S/C19H20F3N3O3/c1-27-17(15-16(18(26)28-2)24-8-7-23-15)13-4-3-12(20)11-14(13)25-9-5-19(21,22)6-10-25/h3-4,7-8,11,17H,5-6,9-10H2,1-2H3. The molecule has 1 atom stereocenters. The summed E-state index contributed by atoms with van der Waals surface area (Å²) in [7, 11) is 2.64. The Kier molecular flexibility index (Phi) is 5.83. The van der Waals surface area contributed by atoms with Crippen LogP contribution < -0.4 is 4.90 Å². The molecule has 3 rings (SSSR count). The van der Waals surface area contributed by atoms with Gasteiger partial charge in [0, 0.05) is 56.7 Å². The number of alkyl halides is 2. The predicted molar refractivity (Wildman–Crippen MR) is 95.0 cm³/mol. The molecule has 1 aromatic heterocycles. The maximum atomic E-state index is 14.0. The molecule has 0 spiro atoms. The first-order valence-electron chi connectivity index (χ1n) is 8.70. The van der Waals surface area contributed by atoms with Crippen LogP contribution in [0.1, 0.15) is 40.7 Å². The minimum absolute atomic E-state index is 0.0303. The van der Waals surface area contributed by atoms with Crippen molar-refractivity contribution in [3.63, 3.8) is 0 Å². The van der Waals surface area contributed by atoms with Crippen molar-refractivity contribution in [1.29, 1.82) is 0 Å². The van der Waals surface area contributed by atoms with Gasteiger partial charge in [0.2, 0.25) is 0 Å². The summed E-state index contributed by atoms with van der Waals surface area (Å²) in [5.41, 5.74) is 1.09. The molecule has 1 fully saturated rings. The summed E-state index contributed by atoms with van der Waals surface area (Å²) < 4.78 is 51.4. The van der Waals surface area contributed by atoms with Gasteiger partial charge in [-0.25, -0.2) is 22.9 Å². The van der Waals surface area contributed by atoms with Crippen molar-refractivity contribution in [2.24, 2.45) is 0 Å². The highest BCUT2D eigenvalue weighted by molar-refractivity contribution is 5.88. The summed E-state index contributed by atoms with van der Waals surface area (Å²) in [5, 5.41) is 0. The topological polar surface area (TPSA) is 64.5 Å². The Balaban J connectivity index is 2.04. The fourth-order valence-electron chi connectivity index (χ4n) is 3.27. The number of benzene rings is 1. The number of carbonyl (C=O) groups is 1. The van der Waals surface area contributed by atoms with Crippen molar-refractivity contribution in [3.05, 3.63) is 53.4 Å². The first-order chi connectivity index (χ1) is 13.4. The summed E-state index contributed by atoms with van der Waals surface area (Å²) in [5.74, 6) is -3.92. The zero-order valence-electron chi connectivity index (χ0n) is 15.5. The van der Waals surface area contributed by atoms with Gasteiger partial charge in [-0.1, -0.05) is 6.07 Å². The zero-order valence-corrected chi connectivity index (χ0v) is 15.5. The second-order valence-electron chi connectivity index (χ2n) is 6.44. The van der Waals surface area contributed by atoms with Crippen LogP contribution in [0.25, 0.3) is 0 Å². The first kappa shape index (κ1) is 20.1. The van der Waals surface area contributed by atoms with Crippen molar-refractivity contribution in [1.82, 2.24) is 9.97 Å². The Morgan fingerprint density at radius 1 is 1.18 bits per heavy atom. The molecule has 0 saturated carbocycles. The summed E-state index contributed by atoms with van der Waals surface area (Å²) in [4.78, 5) is 22.0. The maximum absolute atomic E-state index is 14.0. The minimum atomic E-state index is -2.73. The number of rotatable bonds is 5. The molecule has 1 unspecified atom stereocenters. The van der Waals surface area contributed by atoms with E-state index >= 15 is 0 Å². The van der Waals surface area contributed by atoms with E-state index in [0.717, 1.165) is 0 Å². The molecule has 1 aromatic carbocycles. The van der Waals surface area contributed by atoms with E-state index < -0.39 is 23.8 Å². The van der Waals surface area contributed by atoms with Gasteiger partial charge in [0.05, 0.1) is 7.11 Å². The quantitative estimate of drug-likeness (QED) is 0.724. The van der Waals surface area contributed by atoms with E-state index in [1.165, 1.54) is 44.8 Å². The van der Waals surface area contributed by atoms with Gasteiger partial charge in [0.25, 0.3) is 5.92 Å². The molecule has 1 aliphatic rings. The average molecular weight is 395 g/mol. The van der Waals surface area contributed by atoms with E-state index in [1.807, 2.05) is 0 Å². The van der Waals surface area contributed by atoms with E-state index in [-0.39, 0.29) is 37.3 Å². The fourth-order valence-corrected chi connectivity index (χ4v) is 3.27. The van der Waals surface area contributed by atoms with Gasteiger partial charge < -0.3 is 14.4 Å². The van der Waals surface area contributed by atoms with Crippen LogP contribution in [0.3, 0.4) is 0 Å². The highest BCUT2D eigenvalue weighted by atomic mass is 19.3. The van der Waals surface area contributed by atoms with E-state index in [0.29, 0.717) is 11.3 Å². The predicted octanol–water partition coefficient (Wildman–Crippen LogP) is 3.37. The lowest BCUT2D eigenvalue weighted by Crippen LogP contribution is -2.40. The second-order valence-corrected chi connectivity index (χ2v) is 6.44. The normalized spacial score (nSPS) is 17.2. The first-order valence-corrected chi connectivity index (χ1v) is 8.70. The van der Waals surface area contributed by atoms with Gasteiger partial charge in [0.15, 0.2) is 5.69 Å². The Morgan fingerprint density at radius 3 is 2.50 bits per heavy atom.